The van der Waals surface area contributed by atoms with Crippen molar-refractivity contribution in [2.45, 2.75) is 122 Å². The van der Waals surface area contributed by atoms with Gasteiger partial charge in [0.2, 0.25) is 18.2 Å². The van der Waals surface area contributed by atoms with E-state index in [4.69, 9.17) is 9.47 Å². The molecule has 2 aromatic carbocycles. The lowest BCUT2D eigenvalue weighted by molar-refractivity contribution is -0.156. The van der Waals surface area contributed by atoms with E-state index >= 15 is 0 Å². The van der Waals surface area contributed by atoms with Crippen LogP contribution in [0.25, 0.3) is 0 Å². The third kappa shape index (κ3) is 13.9. The van der Waals surface area contributed by atoms with Gasteiger partial charge in [-0.25, -0.2) is 14.4 Å². The van der Waals surface area contributed by atoms with E-state index in [2.05, 4.69) is 10.6 Å². The second-order valence-electron chi connectivity index (χ2n) is 16.4. The van der Waals surface area contributed by atoms with Gasteiger partial charge in [-0.1, -0.05) is 86.7 Å². The van der Waals surface area contributed by atoms with Crippen LogP contribution >= 0.6 is 0 Å². The maximum atomic E-state index is 14.5. The van der Waals surface area contributed by atoms with Crippen LogP contribution in [0.2, 0.25) is 0 Å². The summed E-state index contributed by atoms with van der Waals surface area (Å²) in [6.07, 6.45) is 5.41. The first-order valence-corrected chi connectivity index (χ1v) is 20.4. The van der Waals surface area contributed by atoms with Gasteiger partial charge in [-0.05, 0) is 89.2 Å². The highest BCUT2D eigenvalue weighted by Gasteiger charge is 2.44. The SMILES string of the molecule is CC(C)C[C@@H](/C=C/[C@@H](Cc1ccccc1)C(=O)N1CCC[C@H]1C(=O)N1CCC[C@H]1N(C=O)[C@@H](CCCNC(=O)OCc1ccccc1)C(=O)O)NC(=O)OC(C)(C)C. The molecule has 0 radical (unpaired) electrons. The largest absolute Gasteiger partial charge is 0.480 e. The second kappa shape index (κ2) is 21.9. The molecule has 0 spiro atoms. The van der Waals surface area contributed by atoms with Crippen molar-refractivity contribution in [3.05, 3.63) is 83.9 Å². The number of amides is 5. The minimum Gasteiger partial charge on any atom is -0.480 e. The monoisotopic (exact) mass is 803 g/mol. The van der Waals surface area contributed by atoms with Crippen molar-refractivity contribution in [2.24, 2.45) is 11.8 Å². The van der Waals surface area contributed by atoms with E-state index in [1.54, 1.807) is 30.6 Å². The quantitative estimate of drug-likeness (QED) is 0.0888. The van der Waals surface area contributed by atoms with Crippen molar-refractivity contribution in [1.29, 1.82) is 0 Å². The van der Waals surface area contributed by atoms with E-state index in [-0.39, 0.29) is 43.7 Å². The molecule has 2 aliphatic heterocycles. The van der Waals surface area contributed by atoms with Crippen molar-refractivity contribution < 1.29 is 43.3 Å². The van der Waals surface area contributed by atoms with Crippen molar-refractivity contribution in [3.8, 4) is 0 Å². The highest BCUT2D eigenvalue weighted by molar-refractivity contribution is 5.90. The molecule has 0 bridgehead atoms. The lowest BCUT2D eigenvalue weighted by Gasteiger charge is -2.38. The summed E-state index contributed by atoms with van der Waals surface area (Å²) < 4.78 is 10.7. The number of benzene rings is 2. The average molecular weight is 804 g/mol. The topological polar surface area (TPSA) is 175 Å². The number of carbonyl (C=O) groups excluding carboxylic acids is 5. The molecule has 5 amide bonds. The standard InChI is InChI=1S/C44H61N5O9/c1-31(2)27-35(46-43(56)58-44(3,4)5)23-22-34(28-32-15-8-6-9-16-32)39(51)47-25-13-20-36(47)40(52)48-26-14-21-38(48)49(30-50)37(41(53)54)19-12-24-45-42(55)57-29-33-17-10-7-11-18-33/h6-11,15-18,22-23,30-31,34-38H,12-14,19-21,24-29H2,1-5H3,(H,45,55)(H,46,56)(H,53,54)/b23-22+/t34-,35+,36-,37-,38+/m0/s1. The maximum Gasteiger partial charge on any atom is 0.408 e. The van der Waals surface area contributed by atoms with Gasteiger partial charge in [0.15, 0.2) is 0 Å². The van der Waals surface area contributed by atoms with Gasteiger partial charge in [-0.3, -0.25) is 14.4 Å². The van der Waals surface area contributed by atoms with Gasteiger partial charge in [0.1, 0.15) is 30.5 Å². The highest BCUT2D eigenvalue weighted by Crippen LogP contribution is 2.30. The molecule has 0 saturated carbocycles. The molecule has 5 atom stereocenters. The number of aliphatic carboxylic acids is 1. The van der Waals surface area contributed by atoms with Crippen LogP contribution < -0.4 is 10.6 Å². The molecule has 2 saturated heterocycles. The fraction of sp³-hybridized carbons (Fsp3) is 0.545. The molecule has 4 rings (SSSR count). The van der Waals surface area contributed by atoms with Gasteiger partial charge in [0, 0.05) is 19.6 Å². The zero-order valence-electron chi connectivity index (χ0n) is 34.5. The van der Waals surface area contributed by atoms with Crippen LogP contribution in [-0.2, 0) is 41.7 Å². The summed E-state index contributed by atoms with van der Waals surface area (Å²) in [6.45, 7) is 10.4. The number of hydrogen-bond acceptors (Lipinski definition) is 8. The van der Waals surface area contributed by atoms with E-state index in [9.17, 15) is 33.9 Å². The number of hydrogen-bond donors (Lipinski definition) is 3. The maximum absolute atomic E-state index is 14.5. The number of carboxylic acids is 1. The number of likely N-dealkylation sites (tertiary alicyclic amines) is 2. The molecule has 2 heterocycles. The average Bonchev–Trinajstić information content (AvgIpc) is 3.87. The number of alkyl carbamates (subject to hydrolysis) is 2. The van der Waals surface area contributed by atoms with E-state index in [0.717, 1.165) is 11.1 Å². The predicted octanol–water partition coefficient (Wildman–Crippen LogP) is 5.90. The zero-order chi connectivity index (χ0) is 42.2. The Bertz CT molecular complexity index is 1700. The minimum absolute atomic E-state index is 0.0354. The number of rotatable bonds is 19. The smallest absolute Gasteiger partial charge is 0.408 e. The molecule has 3 N–H and O–H groups in total. The van der Waals surface area contributed by atoms with Gasteiger partial charge >= 0.3 is 18.2 Å². The molecule has 0 aromatic heterocycles. The number of nitrogens with one attached hydrogen (secondary N) is 2. The number of nitrogens with zero attached hydrogens (tertiary/aromatic N) is 3. The summed E-state index contributed by atoms with van der Waals surface area (Å²) in [5.74, 6) is -2.17. The van der Waals surface area contributed by atoms with E-state index in [0.29, 0.717) is 58.0 Å². The zero-order valence-corrected chi connectivity index (χ0v) is 34.5. The first-order valence-electron chi connectivity index (χ1n) is 20.4. The fourth-order valence-electron chi connectivity index (χ4n) is 7.55. The van der Waals surface area contributed by atoms with Gasteiger partial charge in [-0.2, -0.15) is 0 Å². The van der Waals surface area contributed by atoms with Gasteiger partial charge < -0.3 is 39.9 Å². The lowest BCUT2D eigenvalue weighted by atomic mass is 9.94. The second-order valence-corrected chi connectivity index (χ2v) is 16.4. The predicted molar refractivity (Wildman–Crippen MR) is 218 cm³/mol. The molecular weight excluding hydrogens is 743 g/mol. The number of carboxylic acid groups (broad SMARTS) is 1. The Kier molecular flexibility index (Phi) is 17.1. The van der Waals surface area contributed by atoms with Crippen molar-refractivity contribution >= 4 is 36.4 Å². The summed E-state index contributed by atoms with van der Waals surface area (Å²) in [6, 6.07) is 16.4. The summed E-state index contributed by atoms with van der Waals surface area (Å²) in [5.41, 5.74) is 1.09. The number of carbonyl (C=O) groups is 6. The third-order valence-corrected chi connectivity index (χ3v) is 10.2. The Morgan fingerprint density at radius 1 is 0.897 bits per heavy atom. The van der Waals surface area contributed by atoms with Gasteiger partial charge in [0.05, 0.1) is 12.0 Å². The Morgan fingerprint density at radius 3 is 2.16 bits per heavy atom. The Labute approximate surface area is 342 Å². The molecule has 14 heteroatoms. The Morgan fingerprint density at radius 2 is 1.53 bits per heavy atom. The molecule has 14 nitrogen and oxygen atoms in total. The molecule has 316 valence electrons. The van der Waals surface area contributed by atoms with Crippen LogP contribution in [0.4, 0.5) is 9.59 Å². The van der Waals surface area contributed by atoms with Crippen molar-refractivity contribution in [3.63, 3.8) is 0 Å². The van der Waals surface area contributed by atoms with Crippen LogP contribution in [-0.4, -0.2) is 106 Å². The van der Waals surface area contributed by atoms with Crippen LogP contribution in [0.15, 0.2) is 72.8 Å². The van der Waals surface area contributed by atoms with Crippen molar-refractivity contribution in [2.75, 3.05) is 19.6 Å². The third-order valence-electron chi connectivity index (χ3n) is 10.2. The van der Waals surface area contributed by atoms with E-state index in [1.165, 1.54) is 4.90 Å². The molecule has 2 fully saturated rings. The van der Waals surface area contributed by atoms with E-state index < -0.39 is 54.0 Å². The Balaban J connectivity index is 1.45. The normalized spacial score (nSPS) is 18.4. The van der Waals surface area contributed by atoms with Crippen LogP contribution in [0.1, 0.15) is 90.7 Å². The summed E-state index contributed by atoms with van der Waals surface area (Å²) in [4.78, 5) is 83.3. The summed E-state index contributed by atoms with van der Waals surface area (Å²) in [5, 5.41) is 15.8. The van der Waals surface area contributed by atoms with Gasteiger partial charge in [0.25, 0.3) is 0 Å². The fourth-order valence-corrected chi connectivity index (χ4v) is 7.55. The first-order chi connectivity index (χ1) is 27.7. The molecule has 58 heavy (non-hydrogen) atoms. The van der Waals surface area contributed by atoms with Crippen LogP contribution in [0.5, 0.6) is 0 Å². The molecule has 0 unspecified atom stereocenters. The molecular formula is C44H61N5O9. The van der Waals surface area contributed by atoms with Crippen LogP contribution in [0.3, 0.4) is 0 Å². The first kappa shape index (κ1) is 45.3. The lowest BCUT2D eigenvalue weighted by Crippen LogP contribution is -2.57. The number of ether oxygens (including phenoxy) is 2. The highest BCUT2D eigenvalue weighted by atomic mass is 16.6. The summed E-state index contributed by atoms with van der Waals surface area (Å²) >= 11 is 0. The minimum atomic E-state index is -1.24. The molecule has 2 aliphatic rings. The van der Waals surface area contributed by atoms with Gasteiger partial charge in [-0.15, -0.1) is 0 Å². The van der Waals surface area contributed by atoms with Crippen LogP contribution in [0, 0.1) is 11.8 Å². The summed E-state index contributed by atoms with van der Waals surface area (Å²) in [7, 11) is 0. The molecule has 0 aliphatic carbocycles. The Hall–Kier alpha value is -5.40. The van der Waals surface area contributed by atoms with Crippen molar-refractivity contribution in [1.82, 2.24) is 25.3 Å². The van der Waals surface area contributed by atoms with E-state index in [1.807, 2.05) is 86.7 Å². The molecule has 2 aromatic rings.